The number of carbonyl (C=O) groups excluding carboxylic acids is 4. The van der Waals surface area contributed by atoms with Crippen LogP contribution in [-0.4, -0.2) is 47.0 Å². The summed E-state index contributed by atoms with van der Waals surface area (Å²) in [5.41, 5.74) is 2.10. The molecule has 0 N–H and O–H groups in total. The van der Waals surface area contributed by atoms with Gasteiger partial charge in [-0.2, -0.15) is 12.8 Å². The molecule has 0 heterocycles. The predicted octanol–water partition coefficient (Wildman–Crippen LogP) is 8.77. The molecule has 5 heteroatoms. The van der Waals surface area contributed by atoms with Gasteiger partial charge in [-0.15, -0.1) is 48.5 Å². The minimum absolute atomic E-state index is 0. The van der Waals surface area contributed by atoms with Crippen LogP contribution in [-0.2, 0) is 0 Å². The third-order valence-corrected chi connectivity index (χ3v) is 5.46. The van der Waals surface area contributed by atoms with Crippen molar-refractivity contribution < 1.29 is 19.2 Å². The zero-order valence-corrected chi connectivity index (χ0v) is 27.9. The molecule has 4 nitrogen and oxygen atoms in total. The molecule has 0 saturated carbocycles. The van der Waals surface area contributed by atoms with Crippen molar-refractivity contribution in [2.75, 3.05) is 0 Å². The summed E-state index contributed by atoms with van der Waals surface area (Å²) in [5.74, 6) is -1.06. The van der Waals surface area contributed by atoms with Crippen LogP contribution in [0, 0.1) is 26.7 Å². The fraction of sp³-hybridized carbons (Fsp3) is 0.158. The van der Waals surface area contributed by atoms with E-state index in [0.29, 0.717) is 22.3 Å². The summed E-state index contributed by atoms with van der Waals surface area (Å²) in [6.45, 7) is 11.4. The number of rotatable bonds is 10. The average Bonchev–Trinajstić information content (AvgIpc) is 3.06. The maximum atomic E-state index is 11.8. The molecule has 0 aliphatic carbocycles. The maximum absolute atomic E-state index is 11.8. The van der Waals surface area contributed by atoms with Gasteiger partial charge >= 0.3 is 23.9 Å². The summed E-state index contributed by atoms with van der Waals surface area (Å²) in [6.07, 6.45) is 6.81. The first kappa shape index (κ1) is 39.1. The van der Waals surface area contributed by atoms with Crippen LogP contribution >= 0.6 is 0 Å². The van der Waals surface area contributed by atoms with Crippen molar-refractivity contribution in [1.82, 2.24) is 0 Å². The Labute approximate surface area is 274 Å². The van der Waals surface area contributed by atoms with E-state index in [9.17, 15) is 19.2 Å². The van der Waals surface area contributed by atoms with Gasteiger partial charge < -0.3 is 33.0 Å². The Morgan fingerprint density at radius 2 is 0.605 bits per heavy atom. The number of unbranched alkanes of at least 4 members (excludes halogenated alkanes) is 2. The molecule has 0 amide bonds. The normalized spacial score (nSPS) is 9.02. The predicted molar refractivity (Wildman–Crippen MR) is 178 cm³/mol. The van der Waals surface area contributed by atoms with Gasteiger partial charge in [-0.1, -0.05) is 135 Å². The summed E-state index contributed by atoms with van der Waals surface area (Å²) in [6, 6.07) is 35.0. The smallest absolute Gasteiger partial charge is 0.343 e. The summed E-state index contributed by atoms with van der Waals surface area (Å²) < 4.78 is 0. The van der Waals surface area contributed by atoms with Gasteiger partial charge in [0.2, 0.25) is 0 Å². The van der Waals surface area contributed by atoms with Gasteiger partial charge in [-0.05, 0) is 0 Å². The maximum Gasteiger partial charge on any atom is 4.00 e. The number of Topliss-reactive ketones (excluding diaryl/α,β-unsaturated/α-hetero) is 4. The van der Waals surface area contributed by atoms with Crippen LogP contribution in [0.4, 0.5) is 0 Å². The molecule has 0 bridgehead atoms. The Morgan fingerprint density at radius 3 is 0.744 bits per heavy atom. The molecule has 0 unspecified atom stereocenters. The summed E-state index contributed by atoms with van der Waals surface area (Å²) in [7, 11) is 0. The molecule has 0 radical (unpaired) electrons. The van der Waals surface area contributed by atoms with Crippen LogP contribution < -0.4 is 0 Å². The first-order valence-corrected chi connectivity index (χ1v) is 14.0. The van der Waals surface area contributed by atoms with Crippen molar-refractivity contribution in [2.24, 2.45) is 0 Å². The zero-order chi connectivity index (χ0) is 31.0. The van der Waals surface area contributed by atoms with Gasteiger partial charge in [0.05, 0.1) is 23.1 Å². The minimum atomic E-state index is -0.264. The molecule has 43 heavy (non-hydrogen) atoms. The van der Waals surface area contributed by atoms with Crippen molar-refractivity contribution in [2.45, 2.75) is 39.5 Å². The van der Waals surface area contributed by atoms with Crippen LogP contribution in [0.3, 0.4) is 0 Å². The number of hydrogen-bond donors (Lipinski definition) is 0. The van der Waals surface area contributed by atoms with E-state index in [-0.39, 0.29) is 47.0 Å². The van der Waals surface area contributed by atoms with E-state index >= 15 is 0 Å². The second-order valence-corrected chi connectivity index (χ2v) is 8.92. The van der Waals surface area contributed by atoms with Gasteiger partial charge in [0.25, 0.3) is 0 Å². The SMILES string of the molecule is O=C([CH-]C(=O)c1ccccc1)c1ccccc1.O=C([CH-]C(=O)c1ccccc1)c1ccccc1.[CH2-]CCC.[CH2-]CCC.[Sn+4]. The fourth-order valence-electron chi connectivity index (χ4n) is 2.98. The molecule has 220 valence electrons. The average molecular weight is 679 g/mol. The minimum Gasteiger partial charge on any atom is -0.343 e. The standard InChI is InChI=1S/2C15H11O2.2C4H9.Sn/c2*16-14(12-7-3-1-4-8-12)11-15(17)13-9-5-2-6-10-13;2*1-3-4-2;/h2*1-11H;2*1,3-4H2,2H3;/q4*-1;+4. The summed E-state index contributed by atoms with van der Waals surface area (Å²) >= 11 is 0. The second kappa shape index (κ2) is 24.7. The number of carbonyl (C=O) groups is 4. The Balaban J connectivity index is 0.000000646. The molecular weight excluding hydrogens is 639 g/mol. The zero-order valence-electron chi connectivity index (χ0n) is 25.1. The van der Waals surface area contributed by atoms with E-state index in [4.69, 9.17) is 0 Å². The van der Waals surface area contributed by atoms with Crippen LogP contribution in [0.1, 0.15) is 81.0 Å². The van der Waals surface area contributed by atoms with E-state index in [1.807, 2.05) is 24.3 Å². The van der Waals surface area contributed by atoms with Crippen LogP contribution in [0.5, 0.6) is 0 Å². The summed E-state index contributed by atoms with van der Waals surface area (Å²) in [5, 5.41) is 0. The Hall–Kier alpha value is -3.90. The number of ketones is 4. The van der Waals surface area contributed by atoms with Gasteiger partial charge in [-0.3, -0.25) is 0 Å². The van der Waals surface area contributed by atoms with Crippen LogP contribution in [0.25, 0.3) is 0 Å². The molecule has 4 aromatic rings. The third kappa shape index (κ3) is 17.0. The van der Waals surface area contributed by atoms with Crippen molar-refractivity contribution in [3.05, 3.63) is 170 Å². The number of hydrogen-bond acceptors (Lipinski definition) is 4. The van der Waals surface area contributed by atoms with Gasteiger partial charge in [-0.25, -0.2) is 0 Å². The molecule has 4 rings (SSSR count). The van der Waals surface area contributed by atoms with Crippen molar-refractivity contribution >= 4 is 47.0 Å². The van der Waals surface area contributed by atoms with E-state index in [2.05, 4.69) is 27.7 Å². The van der Waals surface area contributed by atoms with Crippen LogP contribution in [0.15, 0.2) is 121 Å². The molecular formula is C38H40O4Sn. The molecule has 0 aliphatic heterocycles. The number of benzene rings is 4. The molecule has 0 spiro atoms. The Kier molecular flexibility index (Phi) is 22.4. The largest absolute Gasteiger partial charge is 4.00 e. The van der Waals surface area contributed by atoms with Gasteiger partial charge in [0, 0.05) is 0 Å². The van der Waals surface area contributed by atoms with E-state index < -0.39 is 0 Å². The molecule has 0 fully saturated rings. The van der Waals surface area contributed by atoms with E-state index in [0.717, 1.165) is 25.7 Å². The topological polar surface area (TPSA) is 68.3 Å². The van der Waals surface area contributed by atoms with Gasteiger partial charge in [0.1, 0.15) is 0 Å². The Bertz CT molecular complexity index is 1100. The first-order chi connectivity index (χ1) is 20.4. The van der Waals surface area contributed by atoms with E-state index in [1.54, 1.807) is 97.1 Å². The summed E-state index contributed by atoms with van der Waals surface area (Å²) in [4.78, 5) is 47.0. The monoisotopic (exact) mass is 680 g/mol. The van der Waals surface area contributed by atoms with Crippen molar-refractivity contribution in [3.8, 4) is 0 Å². The Morgan fingerprint density at radius 1 is 0.442 bits per heavy atom. The van der Waals surface area contributed by atoms with Crippen molar-refractivity contribution in [3.63, 3.8) is 0 Å². The molecule has 4 aromatic carbocycles. The first-order valence-electron chi connectivity index (χ1n) is 14.0. The van der Waals surface area contributed by atoms with Crippen LogP contribution in [0.2, 0.25) is 0 Å². The molecule has 0 atom stereocenters. The second-order valence-electron chi connectivity index (χ2n) is 8.92. The van der Waals surface area contributed by atoms with E-state index in [1.165, 1.54) is 12.8 Å². The quantitative estimate of drug-likeness (QED) is 0.0728. The van der Waals surface area contributed by atoms with Gasteiger partial charge in [0.15, 0.2) is 0 Å². The molecule has 0 aliphatic rings. The van der Waals surface area contributed by atoms with Crippen molar-refractivity contribution in [1.29, 1.82) is 0 Å². The molecule has 0 saturated heterocycles. The fourth-order valence-corrected chi connectivity index (χ4v) is 2.98. The molecule has 0 aromatic heterocycles. The third-order valence-electron chi connectivity index (χ3n) is 5.46.